The normalized spacial score (nSPS) is 10.0. The summed E-state index contributed by atoms with van der Waals surface area (Å²) < 4.78 is 22.7. The van der Waals surface area contributed by atoms with Crippen LogP contribution < -0.4 is 5.32 Å². The third kappa shape index (κ3) is 4.87. The largest absolute Gasteiger partial charge is 0.465 e. The number of carbonyl (C=O) groups excluding carboxylic acids is 3. The van der Waals surface area contributed by atoms with E-state index < -0.39 is 30.3 Å². The van der Waals surface area contributed by atoms with Crippen LogP contribution in [0.15, 0.2) is 46.9 Å². The van der Waals surface area contributed by atoms with Crippen molar-refractivity contribution in [2.24, 2.45) is 0 Å². The molecule has 0 aliphatic rings. The first-order valence-corrected chi connectivity index (χ1v) is 7.81. The topological polar surface area (TPSA) is 81.7 Å². The average molecular weight is 410 g/mol. The van der Waals surface area contributed by atoms with Crippen molar-refractivity contribution in [3.05, 3.63) is 63.9 Å². The molecule has 0 fully saturated rings. The summed E-state index contributed by atoms with van der Waals surface area (Å²) in [4.78, 5) is 35.5. The SMILES string of the molecule is COC(=O)c1ccccc1NC(=O)COC(=O)c1ccc(F)cc1Br. The lowest BCUT2D eigenvalue weighted by molar-refractivity contribution is -0.119. The second-order valence-electron chi connectivity index (χ2n) is 4.79. The number of halogens is 2. The van der Waals surface area contributed by atoms with Gasteiger partial charge in [0.1, 0.15) is 5.82 Å². The van der Waals surface area contributed by atoms with Gasteiger partial charge in [-0.15, -0.1) is 0 Å². The van der Waals surface area contributed by atoms with E-state index in [1.807, 2.05) is 0 Å². The van der Waals surface area contributed by atoms with Crippen LogP contribution >= 0.6 is 15.9 Å². The molecule has 0 aliphatic heterocycles. The van der Waals surface area contributed by atoms with Crippen LogP contribution in [0.1, 0.15) is 20.7 Å². The van der Waals surface area contributed by atoms with Crippen molar-refractivity contribution in [1.29, 1.82) is 0 Å². The van der Waals surface area contributed by atoms with Crippen LogP contribution in [0.25, 0.3) is 0 Å². The zero-order chi connectivity index (χ0) is 18.4. The Hall–Kier alpha value is -2.74. The third-order valence-electron chi connectivity index (χ3n) is 3.09. The molecule has 1 amide bonds. The molecular formula is C17H13BrFNO5. The van der Waals surface area contributed by atoms with Gasteiger partial charge in [-0.05, 0) is 46.3 Å². The Morgan fingerprint density at radius 3 is 2.48 bits per heavy atom. The van der Waals surface area contributed by atoms with Gasteiger partial charge in [0.2, 0.25) is 0 Å². The highest BCUT2D eigenvalue weighted by atomic mass is 79.9. The van der Waals surface area contributed by atoms with E-state index in [0.29, 0.717) is 0 Å². The molecule has 1 N–H and O–H groups in total. The van der Waals surface area contributed by atoms with E-state index in [0.717, 1.165) is 12.1 Å². The van der Waals surface area contributed by atoms with Crippen molar-refractivity contribution in [2.75, 3.05) is 19.0 Å². The molecule has 8 heteroatoms. The lowest BCUT2D eigenvalue weighted by Crippen LogP contribution is -2.22. The van der Waals surface area contributed by atoms with Gasteiger partial charge in [-0.3, -0.25) is 4.79 Å². The van der Waals surface area contributed by atoms with Crippen molar-refractivity contribution in [2.45, 2.75) is 0 Å². The van der Waals surface area contributed by atoms with E-state index in [9.17, 15) is 18.8 Å². The van der Waals surface area contributed by atoms with Gasteiger partial charge in [-0.25, -0.2) is 14.0 Å². The highest BCUT2D eigenvalue weighted by molar-refractivity contribution is 9.10. The summed E-state index contributed by atoms with van der Waals surface area (Å²) >= 11 is 3.05. The molecule has 0 aliphatic carbocycles. The van der Waals surface area contributed by atoms with E-state index >= 15 is 0 Å². The van der Waals surface area contributed by atoms with Crippen LogP contribution in [0.5, 0.6) is 0 Å². The number of anilines is 1. The second-order valence-corrected chi connectivity index (χ2v) is 5.64. The fraction of sp³-hybridized carbons (Fsp3) is 0.118. The van der Waals surface area contributed by atoms with Gasteiger partial charge >= 0.3 is 11.9 Å². The Morgan fingerprint density at radius 1 is 1.08 bits per heavy atom. The number of benzene rings is 2. The fourth-order valence-electron chi connectivity index (χ4n) is 1.93. The second kappa shape index (κ2) is 8.39. The van der Waals surface area contributed by atoms with E-state index in [1.165, 1.54) is 25.3 Å². The molecule has 0 saturated carbocycles. The molecule has 2 aromatic rings. The van der Waals surface area contributed by atoms with Crippen molar-refractivity contribution < 1.29 is 28.2 Å². The minimum atomic E-state index is -0.789. The standard InChI is InChI=1S/C17H13BrFNO5/c1-24-16(22)12-4-2-3-5-14(12)20-15(21)9-25-17(23)11-7-6-10(19)8-13(11)18/h2-8H,9H2,1H3,(H,20,21). The van der Waals surface area contributed by atoms with Gasteiger partial charge in [0.05, 0.1) is 23.9 Å². The van der Waals surface area contributed by atoms with Crippen molar-refractivity contribution in [3.8, 4) is 0 Å². The van der Waals surface area contributed by atoms with Gasteiger partial charge in [-0.2, -0.15) is 0 Å². The number of rotatable bonds is 5. The summed E-state index contributed by atoms with van der Waals surface area (Å²) in [5, 5.41) is 2.47. The maximum absolute atomic E-state index is 13.0. The predicted octanol–water partition coefficient (Wildman–Crippen LogP) is 3.17. The quantitative estimate of drug-likeness (QED) is 0.766. The van der Waals surface area contributed by atoms with Crippen LogP contribution in [0, 0.1) is 5.82 Å². The highest BCUT2D eigenvalue weighted by Gasteiger charge is 2.16. The number of esters is 2. The molecule has 2 aromatic carbocycles. The third-order valence-corrected chi connectivity index (χ3v) is 3.75. The van der Waals surface area contributed by atoms with Crippen molar-refractivity contribution in [3.63, 3.8) is 0 Å². The van der Waals surface area contributed by atoms with Crippen LogP contribution in [0.3, 0.4) is 0 Å². The maximum Gasteiger partial charge on any atom is 0.339 e. The molecule has 0 saturated heterocycles. The number of ether oxygens (including phenoxy) is 2. The van der Waals surface area contributed by atoms with Gasteiger partial charge in [-0.1, -0.05) is 12.1 Å². The summed E-state index contributed by atoms with van der Waals surface area (Å²) in [7, 11) is 1.23. The zero-order valence-electron chi connectivity index (χ0n) is 13.0. The van der Waals surface area contributed by atoms with Gasteiger partial charge in [0.15, 0.2) is 6.61 Å². The average Bonchev–Trinajstić information content (AvgIpc) is 2.59. The summed E-state index contributed by atoms with van der Waals surface area (Å²) in [6, 6.07) is 9.72. The number of amides is 1. The highest BCUT2D eigenvalue weighted by Crippen LogP contribution is 2.19. The lowest BCUT2D eigenvalue weighted by Gasteiger charge is -2.10. The minimum Gasteiger partial charge on any atom is -0.465 e. The summed E-state index contributed by atoms with van der Waals surface area (Å²) in [6.45, 7) is -0.571. The van der Waals surface area contributed by atoms with Crippen LogP contribution in [-0.2, 0) is 14.3 Å². The Kier molecular flexibility index (Phi) is 6.24. The number of carbonyl (C=O) groups is 3. The van der Waals surface area contributed by atoms with Crippen molar-refractivity contribution in [1.82, 2.24) is 0 Å². The van der Waals surface area contributed by atoms with Gasteiger partial charge < -0.3 is 14.8 Å². The summed E-state index contributed by atoms with van der Waals surface area (Å²) in [6.07, 6.45) is 0. The number of para-hydroxylation sites is 1. The van der Waals surface area contributed by atoms with E-state index in [4.69, 9.17) is 4.74 Å². The smallest absolute Gasteiger partial charge is 0.339 e. The number of nitrogens with one attached hydrogen (secondary N) is 1. The number of hydrogen-bond donors (Lipinski definition) is 1. The predicted molar refractivity (Wildman–Crippen MR) is 90.8 cm³/mol. The van der Waals surface area contributed by atoms with Crippen LogP contribution in [-0.4, -0.2) is 31.6 Å². The number of hydrogen-bond acceptors (Lipinski definition) is 5. The molecule has 2 rings (SSSR count). The number of methoxy groups -OCH3 is 1. The lowest BCUT2D eigenvalue weighted by atomic mass is 10.2. The maximum atomic E-state index is 13.0. The summed E-state index contributed by atoms with van der Waals surface area (Å²) in [5.74, 6) is -2.55. The molecule has 25 heavy (non-hydrogen) atoms. The van der Waals surface area contributed by atoms with E-state index in [1.54, 1.807) is 12.1 Å². The Labute approximate surface area is 151 Å². The Balaban J connectivity index is 1.99. The Morgan fingerprint density at radius 2 is 1.80 bits per heavy atom. The first-order chi connectivity index (χ1) is 11.9. The molecule has 6 nitrogen and oxygen atoms in total. The van der Waals surface area contributed by atoms with Gasteiger partial charge in [0.25, 0.3) is 5.91 Å². The van der Waals surface area contributed by atoms with Gasteiger partial charge in [0, 0.05) is 4.47 Å². The summed E-state index contributed by atoms with van der Waals surface area (Å²) in [5.41, 5.74) is 0.494. The Bertz CT molecular complexity index is 824. The fourth-order valence-corrected chi connectivity index (χ4v) is 2.44. The zero-order valence-corrected chi connectivity index (χ0v) is 14.6. The van der Waals surface area contributed by atoms with E-state index in [2.05, 4.69) is 26.0 Å². The minimum absolute atomic E-state index is 0.0872. The molecule has 0 unspecified atom stereocenters. The molecule has 0 aromatic heterocycles. The first-order valence-electron chi connectivity index (χ1n) is 7.01. The van der Waals surface area contributed by atoms with Crippen LogP contribution in [0.2, 0.25) is 0 Å². The molecule has 0 atom stereocenters. The van der Waals surface area contributed by atoms with E-state index in [-0.39, 0.29) is 21.3 Å². The molecule has 0 spiro atoms. The monoisotopic (exact) mass is 409 g/mol. The molecule has 0 radical (unpaired) electrons. The molecular weight excluding hydrogens is 397 g/mol. The first kappa shape index (κ1) is 18.6. The molecule has 0 bridgehead atoms. The molecule has 130 valence electrons. The van der Waals surface area contributed by atoms with Crippen LogP contribution in [0.4, 0.5) is 10.1 Å². The molecule has 0 heterocycles. The van der Waals surface area contributed by atoms with Crippen molar-refractivity contribution >= 4 is 39.5 Å².